The molecule has 11 nitrogen and oxygen atoms in total. The monoisotopic (exact) mass is 705 g/mol. The van der Waals surface area contributed by atoms with E-state index >= 15 is 0 Å². The number of piperidine rings is 2. The van der Waals surface area contributed by atoms with Crippen LogP contribution in [0.2, 0.25) is 5.02 Å². The van der Waals surface area contributed by atoms with E-state index in [1.54, 1.807) is 9.80 Å². The van der Waals surface area contributed by atoms with Crippen molar-refractivity contribution in [1.82, 2.24) is 30.2 Å². The highest BCUT2D eigenvalue weighted by molar-refractivity contribution is 6.32. The number of fused-ring (bicyclic) bond motifs is 1. The molecule has 4 heterocycles. The van der Waals surface area contributed by atoms with Crippen molar-refractivity contribution in [1.29, 1.82) is 0 Å². The number of para-hydroxylation sites is 1. The third kappa shape index (κ3) is 8.18. The Bertz CT molecular complexity index is 1520. The molecule has 1 atom stereocenters. The number of urea groups is 2. The number of nitrogens with zero attached hydrogens (tertiary/aromatic N) is 4. The molecule has 0 aromatic heterocycles. The van der Waals surface area contributed by atoms with Crippen LogP contribution >= 0.6 is 11.6 Å². The van der Waals surface area contributed by atoms with Gasteiger partial charge in [0, 0.05) is 83.1 Å². The molecule has 0 spiro atoms. The highest BCUT2D eigenvalue weighted by Crippen LogP contribution is 2.40. The highest BCUT2D eigenvalue weighted by Gasteiger charge is 2.38. The van der Waals surface area contributed by atoms with E-state index in [2.05, 4.69) is 20.9 Å². The molecule has 0 aliphatic carbocycles. The van der Waals surface area contributed by atoms with E-state index in [1.165, 1.54) is 6.07 Å². The Labute approximate surface area is 288 Å². The molecule has 2 aromatic rings. The second-order valence-corrected chi connectivity index (χ2v) is 13.7. The first kappa shape index (κ1) is 35.1. The van der Waals surface area contributed by atoms with Gasteiger partial charge in [0.15, 0.2) is 0 Å². The second-order valence-electron chi connectivity index (χ2n) is 13.3. The average Bonchev–Trinajstić information content (AvgIpc) is 3.27. The molecule has 2 aromatic carbocycles. The fourth-order valence-electron chi connectivity index (χ4n) is 7.50. The number of nitrogens with one attached hydrogen (secondary N) is 3. The summed E-state index contributed by atoms with van der Waals surface area (Å²) in [6.07, 6.45) is -1.79. The number of phenols is 1. The van der Waals surface area contributed by atoms with Gasteiger partial charge in [-0.1, -0.05) is 29.8 Å². The van der Waals surface area contributed by atoms with E-state index < -0.39 is 34.6 Å². The molecule has 5 amide bonds. The predicted octanol–water partition coefficient (Wildman–Crippen LogP) is 4.14. The van der Waals surface area contributed by atoms with Gasteiger partial charge in [0.05, 0.1) is 10.6 Å². The van der Waals surface area contributed by atoms with Crippen LogP contribution in [-0.4, -0.2) is 120 Å². The van der Waals surface area contributed by atoms with Crippen LogP contribution in [0.25, 0.3) is 0 Å². The number of amides is 5. The number of carbonyl (C=O) groups excluding carboxylic acids is 3. The minimum absolute atomic E-state index is 0.0661. The molecule has 49 heavy (non-hydrogen) atoms. The van der Waals surface area contributed by atoms with Crippen molar-refractivity contribution >= 4 is 35.3 Å². The van der Waals surface area contributed by atoms with Crippen LogP contribution in [-0.2, 0) is 23.8 Å². The maximum atomic E-state index is 14.0. The Hall–Kier alpha value is -3.75. The third-order valence-corrected chi connectivity index (χ3v) is 10.5. The smallest absolute Gasteiger partial charge is 0.420 e. The molecule has 0 unspecified atom stereocenters. The van der Waals surface area contributed by atoms with Crippen molar-refractivity contribution in [2.45, 2.75) is 62.8 Å². The Morgan fingerprint density at radius 1 is 0.939 bits per heavy atom. The first-order chi connectivity index (χ1) is 23.5. The van der Waals surface area contributed by atoms with Crippen LogP contribution < -0.4 is 16.0 Å². The van der Waals surface area contributed by atoms with Gasteiger partial charge in [-0.25, -0.2) is 9.59 Å². The molecule has 15 heteroatoms. The number of alkyl halides is 3. The summed E-state index contributed by atoms with van der Waals surface area (Å²) in [6.45, 7) is 5.88. The zero-order valence-electron chi connectivity index (χ0n) is 27.3. The minimum Gasteiger partial charge on any atom is -0.506 e. The molecule has 0 radical (unpaired) electrons. The van der Waals surface area contributed by atoms with Gasteiger partial charge in [0.1, 0.15) is 11.8 Å². The summed E-state index contributed by atoms with van der Waals surface area (Å²) in [7, 11) is 0. The van der Waals surface area contributed by atoms with Gasteiger partial charge < -0.3 is 35.8 Å². The standard InChI is InChI=1S/C34H43ClF3N7O4/c35-27-20-22(19-26(30(27)46)34(36,37)38)21-29(31(47)43-12-6-24(7-13-43)42-17-10-39-11-18-42)41-32(48)44-14-8-25(9-15-44)45-16-5-23-3-1-2-4-28(23)40-33(45)49/h1-4,19-20,24-25,29,39,46H,5-18,21H2,(H,40,49)(H,41,48)/t29-/m1/s1. The van der Waals surface area contributed by atoms with Crippen LogP contribution in [0.15, 0.2) is 36.4 Å². The number of anilines is 1. The predicted molar refractivity (Wildman–Crippen MR) is 179 cm³/mol. The molecular weight excluding hydrogens is 663 g/mol. The normalized spacial score (nSPS) is 20.7. The van der Waals surface area contributed by atoms with Gasteiger partial charge in [-0.05, 0) is 61.4 Å². The summed E-state index contributed by atoms with van der Waals surface area (Å²) in [5, 5.41) is 18.7. The third-order valence-electron chi connectivity index (χ3n) is 10.2. The lowest BCUT2D eigenvalue weighted by atomic mass is 9.98. The first-order valence-corrected chi connectivity index (χ1v) is 17.4. The van der Waals surface area contributed by atoms with E-state index in [-0.39, 0.29) is 30.0 Å². The number of rotatable bonds is 6. The van der Waals surface area contributed by atoms with Crippen molar-refractivity contribution in [3.05, 3.63) is 58.1 Å². The van der Waals surface area contributed by atoms with Gasteiger partial charge in [0.25, 0.3) is 0 Å². The van der Waals surface area contributed by atoms with E-state index in [1.807, 2.05) is 29.2 Å². The van der Waals surface area contributed by atoms with Crippen LogP contribution in [0.1, 0.15) is 42.4 Å². The Kier molecular flexibility index (Phi) is 10.8. The molecule has 0 saturated carbocycles. The number of hydrogen-bond acceptors (Lipinski definition) is 6. The fourth-order valence-corrected chi connectivity index (χ4v) is 7.74. The molecule has 6 rings (SSSR count). The van der Waals surface area contributed by atoms with Gasteiger partial charge in [-0.3, -0.25) is 9.69 Å². The summed E-state index contributed by atoms with van der Waals surface area (Å²) in [5.74, 6) is -1.45. The lowest BCUT2D eigenvalue weighted by Crippen LogP contribution is -2.58. The van der Waals surface area contributed by atoms with E-state index in [4.69, 9.17) is 11.6 Å². The van der Waals surface area contributed by atoms with Crippen molar-refractivity contribution in [2.24, 2.45) is 0 Å². The molecular formula is C34H43ClF3N7O4. The molecule has 3 fully saturated rings. The van der Waals surface area contributed by atoms with E-state index in [9.17, 15) is 32.7 Å². The molecule has 4 aliphatic rings. The van der Waals surface area contributed by atoms with Gasteiger partial charge in [-0.15, -0.1) is 0 Å². The number of phenolic OH excluding ortho intramolecular Hbond substituents is 1. The largest absolute Gasteiger partial charge is 0.506 e. The average molecular weight is 706 g/mol. The van der Waals surface area contributed by atoms with Crippen molar-refractivity contribution < 1.29 is 32.7 Å². The second kappa shape index (κ2) is 15.0. The van der Waals surface area contributed by atoms with Gasteiger partial charge in [-0.2, -0.15) is 13.2 Å². The summed E-state index contributed by atoms with van der Waals surface area (Å²) in [5.41, 5.74) is 0.632. The molecule has 4 aliphatic heterocycles. The van der Waals surface area contributed by atoms with Crippen LogP contribution in [0.4, 0.5) is 28.4 Å². The maximum Gasteiger partial charge on any atom is 0.420 e. The van der Waals surface area contributed by atoms with Crippen molar-refractivity contribution in [2.75, 3.05) is 64.2 Å². The zero-order valence-corrected chi connectivity index (χ0v) is 28.0. The number of carbonyl (C=O) groups is 3. The Balaban J connectivity index is 1.12. The molecule has 4 N–H and O–H groups in total. The van der Waals surface area contributed by atoms with Gasteiger partial charge in [0.2, 0.25) is 5.91 Å². The lowest BCUT2D eigenvalue weighted by molar-refractivity contribution is -0.138. The number of likely N-dealkylation sites (tertiary alicyclic amines) is 2. The number of piperazine rings is 1. The van der Waals surface area contributed by atoms with E-state index in [0.29, 0.717) is 58.0 Å². The Morgan fingerprint density at radius 3 is 2.29 bits per heavy atom. The summed E-state index contributed by atoms with van der Waals surface area (Å²) in [6, 6.07) is 8.11. The zero-order chi connectivity index (χ0) is 34.7. The number of hydrogen-bond donors (Lipinski definition) is 4. The topological polar surface area (TPSA) is 120 Å². The van der Waals surface area contributed by atoms with Crippen molar-refractivity contribution in [3.8, 4) is 5.75 Å². The van der Waals surface area contributed by atoms with E-state index in [0.717, 1.165) is 56.3 Å². The number of benzene rings is 2. The number of aromatic hydroxyl groups is 1. The lowest BCUT2D eigenvalue weighted by Gasteiger charge is -2.41. The SMILES string of the molecule is O=C(N[C@H](Cc1cc(Cl)c(O)c(C(F)(F)F)c1)C(=O)N1CCC(N2CCNCC2)CC1)N1CCC(N2CCc3ccccc3NC2=O)CC1. The highest BCUT2D eigenvalue weighted by atomic mass is 35.5. The Morgan fingerprint density at radius 2 is 1.59 bits per heavy atom. The van der Waals surface area contributed by atoms with Crippen LogP contribution in [0, 0.1) is 0 Å². The summed E-state index contributed by atoms with van der Waals surface area (Å²) in [4.78, 5) is 48.2. The van der Waals surface area contributed by atoms with Crippen LogP contribution in [0.5, 0.6) is 5.75 Å². The fraction of sp³-hybridized carbons (Fsp3) is 0.559. The van der Waals surface area contributed by atoms with Crippen LogP contribution in [0.3, 0.4) is 0 Å². The minimum atomic E-state index is -4.87. The number of halogens is 4. The van der Waals surface area contributed by atoms with Crippen molar-refractivity contribution in [3.63, 3.8) is 0 Å². The summed E-state index contributed by atoms with van der Waals surface area (Å²) >= 11 is 6.00. The molecule has 3 saturated heterocycles. The first-order valence-electron chi connectivity index (χ1n) is 17.0. The molecule has 266 valence electrons. The maximum absolute atomic E-state index is 14.0. The summed E-state index contributed by atoms with van der Waals surface area (Å²) < 4.78 is 41.1. The van der Waals surface area contributed by atoms with Gasteiger partial charge >= 0.3 is 18.2 Å². The molecule has 0 bridgehead atoms. The quantitative estimate of drug-likeness (QED) is 0.359.